The summed E-state index contributed by atoms with van der Waals surface area (Å²) in [6, 6.07) is 18.0. The van der Waals surface area contributed by atoms with Gasteiger partial charge in [-0.3, -0.25) is 9.59 Å². The number of carboxylic acids is 1. The second kappa shape index (κ2) is 11.1. The highest BCUT2D eigenvalue weighted by atomic mass is 32.2. The van der Waals surface area contributed by atoms with Gasteiger partial charge in [0.15, 0.2) is 11.5 Å². The highest BCUT2D eigenvalue weighted by Gasteiger charge is 2.11. The maximum absolute atomic E-state index is 12.5. The quantitative estimate of drug-likeness (QED) is 0.401. The zero-order valence-corrected chi connectivity index (χ0v) is 18.8. The van der Waals surface area contributed by atoms with Gasteiger partial charge in [0.25, 0.3) is 5.91 Å². The molecule has 0 atom stereocenters. The molecule has 0 saturated carbocycles. The van der Waals surface area contributed by atoms with E-state index < -0.39 is 5.97 Å². The summed E-state index contributed by atoms with van der Waals surface area (Å²) in [5.41, 5.74) is 1.72. The second-order valence-corrected chi connectivity index (χ2v) is 7.82. The minimum atomic E-state index is -1.02. The highest BCUT2D eigenvalue weighted by Crippen LogP contribution is 2.28. The molecule has 0 fully saturated rings. The summed E-state index contributed by atoms with van der Waals surface area (Å²) in [5, 5.41) is 14.5. The SMILES string of the molecule is COc1ccc(C(=O)Nc2ccc(SCC(=O)Nc3ccc(C(=O)O)cc3)cc2)cc1OC. The molecule has 8 nitrogen and oxygen atoms in total. The third-order valence-corrected chi connectivity index (χ3v) is 5.56. The van der Waals surface area contributed by atoms with Crippen LogP contribution in [-0.4, -0.2) is 42.9 Å². The first-order valence-corrected chi connectivity index (χ1v) is 10.8. The first-order chi connectivity index (χ1) is 15.9. The predicted octanol–water partition coefficient (Wildman–Crippen LogP) is 4.39. The van der Waals surface area contributed by atoms with Gasteiger partial charge < -0.3 is 25.2 Å². The Bertz CT molecular complexity index is 1150. The van der Waals surface area contributed by atoms with Crippen molar-refractivity contribution in [2.24, 2.45) is 0 Å². The van der Waals surface area contributed by atoms with Crippen LogP contribution in [0.2, 0.25) is 0 Å². The van der Waals surface area contributed by atoms with E-state index in [1.54, 1.807) is 42.5 Å². The van der Waals surface area contributed by atoms with Gasteiger partial charge in [-0.1, -0.05) is 0 Å². The molecule has 0 heterocycles. The molecule has 0 aliphatic carbocycles. The third-order valence-electron chi connectivity index (χ3n) is 4.54. The van der Waals surface area contributed by atoms with E-state index in [9.17, 15) is 14.4 Å². The lowest BCUT2D eigenvalue weighted by atomic mass is 10.2. The van der Waals surface area contributed by atoms with Crippen LogP contribution in [0.15, 0.2) is 71.6 Å². The molecule has 0 unspecified atom stereocenters. The van der Waals surface area contributed by atoms with Crippen LogP contribution in [0.25, 0.3) is 0 Å². The summed E-state index contributed by atoms with van der Waals surface area (Å²) < 4.78 is 10.4. The normalized spacial score (nSPS) is 10.2. The summed E-state index contributed by atoms with van der Waals surface area (Å²) in [6.45, 7) is 0. The number of methoxy groups -OCH3 is 2. The van der Waals surface area contributed by atoms with Crippen molar-refractivity contribution in [2.75, 3.05) is 30.6 Å². The van der Waals surface area contributed by atoms with Crippen molar-refractivity contribution in [3.05, 3.63) is 77.9 Å². The lowest BCUT2D eigenvalue weighted by molar-refractivity contribution is -0.113. The van der Waals surface area contributed by atoms with E-state index in [1.165, 1.54) is 38.1 Å². The number of hydrogen-bond donors (Lipinski definition) is 3. The Kier molecular flexibility index (Phi) is 7.93. The number of carbonyl (C=O) groups excluding carboxylic acids is 2. The fraction of sp³-hybridized carbons (Fsp3) is 0.125. The molecule has 0 aliphatic heterocycles. The molecule has 0 saturated heterocycles. The fourth-order valence-corrected chi connectivity index (χ4v) is 3.56. The number of hydrogen-bond acceptors (Lipinski definition) is 6. The molecule has 33 heavy (non-hydrogen) atoms. The number of aromatic carboxylic acids is 1. The lowest BCUT2D eigenvalue weighted by Crippen LogP contribution is -2.14. The summed E-state index contributed by atoms with van der Waals surface area (Å²) in [4.78, 5) is 36.4. The minimum Gasteiger partial charge on any atom is -0.493 e. The molecule has 9 heteroatoms. The van der Waals surface area contributed by atoms with Crippen LogP contribution >= 0.6 is 11.8 Å². The molecule has 0 bridgehead atoms. The van der Waals surface area contributed by atoms with Crippen molar-refractivity contribution in [1.82, 2.24) is 0 Å². The molecule has 3 N–H and O–H groups in total. The van der Waals surface area contributed by atoms with E-state index in [0.717, 1.165) is 4.90 Å². The second-order valence-electron chi connectivity index (χ2n) is 6.77. The number of ether oxygens (including phenoxy) is 2. The van der Waals surface area contributed by atoms with Gasteiger partial charge in [0, 0.05) is 21.8 Å². The summed E-state index contributed by atoms with van der Waals surface area (Å²) >= 11 is 1.34. The van der Waals surface area contributed by atoms with E-state index in [4.69, 9.17) is 14.6 Å². The van der Waals surface area contributed by atoms with Gasteiger partial charge in [-0.15, -0.1) is 11.8 Å². The third kappa shape index (κ3) is 6.50. The zero-order valence-electron chi connectivity index (χ0n) is 18.0. The Morgan fingerprint density at radius 2 is 1.36 bits per heavy atom. The molecule has 3 aromatic rings. The molecular weight excluding hydrogens is 444 g/mol. The molecule has 0 aliphatic rings. The number of anilines is 2. The Balaban J connectivity index is 1.52. The van der Waals surface area contributed by atoms with Crippen molar-refractivity contribution >= 4 is 40.9 Å². The molecule has 3 aromatic carbocycles. The topological polar surface area (TPSA) is 114 Å². The molecule has 0 spiro atoms. The maximum atomic E-state index is 12.5. The maximum Gasteiger partial charge on any atom is 0.335 e. The van der Waals surface area contributed by atoms with Crippen LogP contribution in [0, 0.1) is 0 Å². The van der Waals surface area contributed by atoms with Crippen molar-refractivity contribution in [3.8, 4) is 11.5 Å². The number of amides is 2. The minimum absolute atomic E-state index is 0.153. The first kappa shape index (κ1) is 23.7. The zero-order chi connectivity index (χ0) is 23.8. The Labute approximate surface area is 194 Å². The van der Waals surface area contributed by atoms with Gasteiger partial charge in [-0.2, -0.15) is 0 Å². The van der Waals surface area contributed by atoms with E-state index in [1.807, 2.05) is 12.1 Å². The molecule has 0 radical (unpaired) electrons. The number of carboxylic acid groups (broad SMARTS) is 1. The number of rotatable bonds is 9. The largest absolute Gasteiger partial charge is 0.493 e. The lowest BCUT2D eigenvalue weighted by Gasteiger charge is -2.10. The van der Waals surface area contributed by atoms with Gasteiger partial charge in [-0.25, -0.2) is 4.79 Å². The standard InChI is InChI=1S/C24H22N2O6S/c1-31-20-12-5-16(13-21(20)32-2)23(28)26-18-8-10-19(11-9-18)33-14-22(27)25-17-6-3-15(4-7-17)24(29)30/h3-13H,14H2,1-2H3,(H,25,27)(H,26,28)(H,29,30). The van der Waals surface area contributed by atoms with Gasteiger partial charge >= 0.3 is 5.97 Å². The van der Waals surface area contributed by atoms with Gasteiger partial charge in [0.05, 0.1) is 25.5 Å². The molecule has 2 amide bonds. The van der Waals surface area contributed by atoms with Crippen LogP contribution in [0.3, 0.4) is 0 Å². The van der Waals surface area contributed by atoms with Crippen molar-refractivity contribution in [1.29, 1.82) is 0 Å². The highest BCUT2D eigenvalue weighted by molar-refractivity contribution is 8.00. The number of benzene rings is 3. The number of thioether (sulfide) groups is 1. The van der Waals surface area contributed by atoms with E-state index in [2.05, 4.69) is 10.6 Å². The van der Waals surface area contributed by atoms with Gasteiger partial charge in [0.2, 0.25) is 5.91 Å². The smallest absolute Gasteiger partial charge is 0.335 e. The van der Waals surface area contributed by atoms with Crippen LogP contribution in [-0.2, 0) is 4.79 Å². The Morgan fingerprint density at radius 3 is 1.97 bits per heavy atom. The average molecular weight is 467 g/mol. The molecule has 3 rings (SSSR count). The van der Waals surface area contributed by atoms with Gasteiger partial charge in [-0.05, 0) is 66.7 Å². The summed E-state index contributed by atoms with van der Waals surface area (Å²) in [7, 11) is 3.03. The number of carbonyl (C=O) groups is 3. The van der Waals surface area contributed by atoms with E-state index in [-0.39, 0.29) is 23.1 Å². The van der Waals surface area contributed by atoms with Crippen LogP contribution < -0.4 is 20.1 Å². The Hall–Kier alpha value is -3.98. The molecular formula is C24H22N2O6S. The number of nitrogens with one attached hydrogen (secondary N) is 2. The summed E-state index contributed by atoms with van der Waals surface area (Å²) in [5.74, 6) is -0.340. The van der Waals surface area contributed by atoms with Gasteiger partial charge in [0.1, 0.15) is 0 Å². The fourth-order valence-electron chi connectivity index (χ4n) is 2.86. The molecule has 0 aromatic heterocycles. The Morgan fingerprint density at radius 1 is 0.788 bits per heavy atom. The first-order valence-electron chi connectivity index (χ1n) is 9.79. The summed E-state index contributed by atoms with van der Waals surface area (Å²) in [6.07, 6.45) is 0. The van der Waals surface area contributed by atoms with Crippen molar-refractivity contribution in [3.63, 3.8) is 0 Å². The van der Waals surface area contributed by atoms with Crippen molar-refractivity contribution in [2.45, 2.75) is 4.90 Å². The van der Waals surface area contributed by atoms with Crippen LogP contribution in [0.4, 0.5) is 11.4 Å². The molecule has 170 valence electrons. The van der Waals surface area contributed by atoms with Crippen LogP contribution in [0.1, 0.15) is 20.7 Å². The monoisotopic (exact) mass is 466 g/mol. The van der Waals surface area contributed by atoms with Crippen molar-refractivity contribution < 1.29 is 29.0 Å². The van der Waals surface area contributed by atoms with E-state index in [0.29, 0.717) is 28.4 Å². The average Bonchev–Trinajstić information content (AvgIpc) is 2.83. The van der Waals surface area contributed by atoms with E-state index >= 15 is 0 Å². The predicted molar refractivity (Wildman–Crippen MR) is 127 cm³/mol. The van der Waals surface area contributed by atoms with Crippen LogP contribution in [0.5, 0.6) is 11.5 Å².